The van der Waals surface area contributed by atoms with Crippen LogP contribution in [-0.2, 0) is 13.6 Å². The topological polar surface area (TPSA) is 82.9 Å². The van der Waals surface area contributed by atoms with E-state index in [2.05, 4.69) is 4.98 Å². The van der Waals surface area contributed by atoms with E-state index in [1.54, 1.807) is 31.4 Å². The van der Waals surface area contributed by atoms with Gasteiger partial charge in [-0.1, -0.05) is 6.07 Å². The zero-order valence-electron chi connectivity index (χ0n) is 9.33. The average Bonchev–Trinajstić information content (AvgIpc) is 2.33. The van der Waals surface area contributed by atoms with E-state index in [-0.39, 0.29) is 12.2 Å². The van der Waals surface area contributed by atoms with Crippen molar-refractivity contribution < 1.29 is 0 Å². The van der Waals surface area contributed by atoms with Gasteiger partial charge in [0.15, 0.2) is 0 Å². The number of nitrogens with zero attached hydrogens (tertiary/aromatic N) is 3. The molecule has 2 N–H and O–H groups in total. The van der Waals surface area contributed by atoms with Crippen LogP contribution in [0, 0.1) is 0 Å². The highest BCUT2D eigenvalue weighted by Crippen LogP contribution is 1.95. The van der Waals surface area contributed by atoms with Crippen molar-refractivity contribution in [1.29, 1.82) is 0 Å². The lowest BCUT2D eigenvalue weighted by atomic mass is 10.3. The molecule has 88 valence electrons. The molecule has 2 aromatic rings. The predicted molar refractivity (Wildman–Crippen MR) is 63.7 cm³/mol. The number of rotatable bonds is 2. The Hall–Kier alpha value is -2.37. The molecular formula is C11H12N4O2. The van der Waals surface area contributed by atoms with E-state index in [4.69, 9.17) is 5.73 Å². The van der Waals surface area contributed by atoms with Gasteiger partial charge in [-0.15, -0.1) is 0 Å². The second kappa shape index (κ2) is 4.25. The molecule has 0 saturated carbocycles. The van der Waals surface area contributed by atoms with Crippen LogP contribution in [0.2, 0.25) is 0 Å². The molecule has 6 heteroatoms. The summed E-state index contributed by atoms with van der Waals surface area (Å²) in [6.07, 6.45) is 2.93. The summed E-state index contributed by atoms with van der Waals surface area (Å²) in [7, 11) is 1.55. The van der Waals surface area contributed by atoms with Crippen LogP contribution in [0.4, 0.5) is 5.69 Å². The highest BCUT2D eigenvalue weighted by molar-refractivity contribution is 5.31. The Labute approximate surface area is 97.0 Å². The Bertz CT molecular complexity index is 609. The molecule has 0 bridgehead atoms. The van der Waals surface area contributed by atoms with Crippen LogP contribution in [0.3, 0.4) is 0 Å². The van der Waals surface area contributed by atoms with Crippen LogP contribution in [0.5, 0.6) is 0 Å². The Kier molecular flexibility index (Phi) is 2.78. The normalized spacial score (nSPS) is 10.4. The molecule has 0 atom stereocenters. The second-order valence-corrected chi connectivity index (χ2v) is 3.69. The molecule has 0 aromatic carbocycles. The minimum absolute atomic E-state index is 0.0445. The third kappa shape index (κ3) is 2.10. The van der Waals surface area contributed by atoms with Gasteiger partial charge in [-0.05, 0) is 12.1 Å². The monoisotopic (exact) mass is 232 g/mol. The van der Waals surface area contributed by atoms with Crippen molar-refractivity contribution in [3.63, 3.8) is 0 Å². The first-order valence-electron chi connectivity index (χ1n) is 5.05. The Morgan fingerprint density at radius 3 is 2.76 bits per heavy atom. The van der Waals surface area contributed by atoms with E-state index >= 15 is 0 Å². The number of pyridine rings is 1. The van der Waals surface area contributed by atoms with E-state index in [9.17, 15) is 9.59 Å². The van der Waals surface area contributed by atoms with Crippen LogP contribution < -0.4 is 17.0 Å². The minimum Gasteiger partial charge on any atom is -0.393 e. The third-order valence-electron chi connectivity index (χ3n) is 2.40. The van der Waals surface area contributed by atoms with E-state index in [1.165, 1.54) is 10.8 Å². The maximum atomic E-state index is 11.8. The summed E-state index contributed by atoms with van der Waals surface area (Å²) < 4.78 is 2.34. The highest BCUT2D eigenvalue weighted by Gasteiger charge is 2.08. The quantitative estimate of drug-likeness (QED) is 0.761. The van der Waals surface area contributed by atoms with Crippen molar-refractivity contribution >= 4 is 5.69 Å². The fourth-order valence-electron chi connectivity index (χ4n) is 1.55. The second-order valence-electron chi connectivity index (χ2n) is 3.69. The molecule has 2 heterocycles. The number of aryl methyl sites for hydroxylation is 1. The summed E-state index contributed by atoms with van der Waals surface area (Å²) in [6.45, 7) is 0.122. The summed E-state index contributed by atoms with van der Waals surface area (Å²) in [4.78, 5) is 27.6. The first-order valence-corrected chi connectivity index (χ1v) is 5.05. The predicted octanol–water partition coefficient (Wildman–Crippen LogP) is -0.428. The van der Waals surface area contributed by atoms with Crippen molar-refractivity contribution in [2.45, 2.75) is 6.54 Å². The Balaban J connectivity index is 2.54. The van der Waals surface area contributed by atoms with Crippen molar-refractivity contribution in [2.24, 2.45) is 7.05 Å². The van der Waals surface area contributed by atoms with Crippen molar-refractivity contribution in [1.82, 2.24) is 14.1 Å². The zero-order valence-corrected chi connectivity index (χ0v) is 9.33. The summed E-state index contributed by atoms with van der Waals surface area (Å²) >= 11 is 0. The van der Waals surface area contributed by atoms with Gasteiger partial charge in [0.2, 0.25) is 0 Å². The molecule has 0 fully saturated rings. The summed E-state index contributed by atoms with van der Waals surface area (Å²) in [5.74, 6) is 0. The van der Waals surface area contributed by atoms with Gasteiger partial charge in [-0.2, -0.15) is 0 Å². The molecule has 0 amide bonds. The lowest BCUT2D eigenvalue weighted by molar-refractivity contribution is 0.634. The third-order valence-corrected chi connectivity index (χ3v) is 2.40. The largest absolute Gasteiger partial charge is 0.393 e. The Morgan fingerprint density at radius 2 is 2.12 bits per heavy atom. The number of aromatic nitrogens is 3. The molecule has 6 nitrogen and oxygen atoms in total. The van der Waals surface area contributed by atoms with Crippen molar-refractivity contribution in [3.05, 3.63) is 57.1 Å². The molecule has 0 saturated heterocycles. The van der Waals surface area contributed by atoms with Crippen molar-refractivity contribution in [2.75, 3.05) is 5.73 Å². The summed E-state index contributed by atoms with van der Waals surface area (Å²) in [6, 6.07) is 5.31. The standard InChI is InChI=1S/C11H12N4O2/c1-14-7-9(12)10(16)15(11(14)17)6-8-4-2-3-5-13-8/h2-5,7H,6,12H2,1H3. The lowest BCUT2D eigenvalue weighted by Crippen LogP contribution is -2.40. The van der Waals surface area contributed by atoms with Crippen LogP contribution in [0.25, 0.3) is 0 Å². The van der Waals surface area contributed by atoms with Gasteiger partial charge in [0.05, 0.1) is 12.2 Å². The summed E-state index contributed by atoms with van der Waals surface area (Å²) in [5, 5.41) is 0. The van der Waals surface area contributed by atoms with Crippen LogP contribution >= 0.6 is 0 Å². The minimum atomic E-state index is -0.487. The fourth-order valence-corrected chi connectivity index (χ4v) is 1.55. The first-order chi connectivity index (χ1) is 8.09. The number of nitrogen functional groups attached to an aromatic ring is 1. The molecule has 0 aliphatic heterocycles. The number of nitrogens with two attached hydrogens (primary N) is 1. The molecule has 0 radical (unpaired) electrons. The van der Waals surface area contributed by atoms with E-state index in [0.717, 1.165) is 4.57 Å². The van der Waals surface area contributed by atoms with Gasteiger partial charge in [0.1, 0.15) is 5.69 Å². The lowest BCUT2D eigenvalue weighted by Gasteiger charge is -2.07. The van der Waals surface area contributed by atoms with Gasteiger partial charge >= 0.3 is 5.69 Å². The Morgan fingerprint density at radius 1 is 1.35 bits per heavy atom. The van der Waals surface area contributed by atoms with Crippen LogP contribution in [0.15, 0.2) is 40.2 Å². The van der Waals surface area contributed by atoms with E-state index in [1.807, 2.05) is 0 Å². The maximum absolute atomic E-state index is 11.8. The smallest absolute Gasteiger partial charge is 0.331 e. The SMILES string of the molecule is Cn1cc(N)c(=O)n(Cc2ccccn2)c1=O. The van der Waals surface area contributed by atoms with Crippen LogP contribution in [-0.4, -0.2) is 14.1 Å². The van der Waals surface area contributed by atoms with Crippen molar-refractivity contribution in [3.8, 4) is 0 Å². The molecule has 0 aliphatic rings. The molecule has 0 unspecified atom stereocenters. The van der Waals surface area contributed by atoms with E-state index in [0.29, 0.717) is 5.69 Å². The van der Waals surface area contributed by atoms with Gasteiger partial charge in [-0.25, -0.2) is 4.79 Å². The molecule has 2 rings (SSSR count). The molecule has 17 heavy (non-hydrogen) atoms. The molecule has 0 aliphatic carbocycles. The van der Waals surface area contributed by atoms with Gasteiger partial charge in [-0.3, -0.25) is 14.3 Å². The molecule has 0 spiro atoms. The van der Waals surface area contributed by atoms with Gasteiger partial charge in [0.25, 0.3) is 5.56 Å². The number of anilines is 1. The highest BCUT2D eigenvalue weighted by atomic mass is 16.2. The van der Waals surface area contributed by atoms with Gasteiger partial charge < -0.3 is 10.3 Å². The number of hydrogen-bond donors (Lipinski definition) is 1. The maximum Gasteiger partial charge on any atom is 0.331 e. The molecular weight excluding hydrogens is 220 g/mol. The van der Waals surface area contributed by atoms with Gasteiger partial charge in [0, 0.05) is 19.4 Å². The fraction of sp³-hybridized carbons (Fsp3) is 0.182. The summed E-state index contributed by atoms with van der Waals surface area (Å²) in [5.41, 5.74) is 5.32. The van der Waals surface area contributed by atoms with E-state index < -0.39 is 11.2 Å². The van der Waals surface area contributed by atoms with Crippen LogP contribution in [0.1, 0.15) is 5.69 Å². The average molecular weight is 232 g/mol. The molecule has 2 aromatic heterocycles. The zero-order chi connectivity index (χ0) is 12.4. The number of hydrogen-bond acceptors (Lipinski definition) is 4. The first kappa shape index (κ1) is 11.1.